The molecular weight excluding hydrogens is 487 g/mol. The monoisotopic (exact) mass is 516 g/mol. The number of rotatable bonds is 9. The minimum atomic E-state index is -0.781. The molecule has 0 unspecified atom stereocenters. The smallest absolute Gasteiger partial charge is 0.303 e. The van der Waals surface area contributed by atoms with Gasteiger partial charge < -0.3 is 10.4 Å². The van der Waals surface area contributed by atoms with Gasteiger partial charge in [0.1, 0.15) is 5.82 Å². The van der Waals surface area contributed by atoms with E-state index in [0.29, 0.717) is 18.9 Å². The third-order valence-corrected chi connectivity index (χ3v) is 7.37. The number of carboxylic acids is 1. The normalized spacial score (nSPS) is 15.0. The van der Waals surface area contributed by atoms with Crippen LogP contribution >= 0.6 is 11.6 Å². The van der Waals surface area contributed by atoms with Gasteiger partial charge in [0, 0.05) is 35.0 Å². The number of nitrogens with one attached hydrogen (secondary N) is 1. The van der Waals surface area contributed by atoms with Crippen LogP contribution in [0.2, 0.25) is 5.02 Å². The number of aliphatic carboxylic acids is 1. The van der Waals surface area contributed by atoms with Crippen molar-refractivity contribution in [2.45, 2.75) is 57.5 Å². The highest BCUT2D eigenvalue weighted by molar-refractivity contribution is 6.30. The van der Waals surface area contributed by atoms with Gasteiger partial charge in [0.15, 0.2) is 0 Å². The second-order valence-corrected chi connectivity index (χ2v) is 10.2. The average molecular weight is 517 g/mol. The Morgan fingerprint density at radius 1 is 1.05 bits per heavy atom. The molecule has 1 aromatic heterocycles. The van der Waals surface area contributed by atoms with E-state index in [1.807, 2.05) is 12.1 Å². The number of carboxylic acid groups (broad SMARTS) is 1. The first kappa shape index (κ1) is 25.4. The van der Waals surface area contributed by atoms with Crippen molar-refractivity contribution in [2.24, 2.45) is 0 Å². The maximum Gasteiger partial charge on any atom is 0.303 e. The van der Waals surface area contributed by atoms with Gasteiger partial charge in [0.05, 0.1) is 11.2 Å². The molecule has 0 aliphatic heterocycles. The van der Waals surface area contributed by atoms with Crippen LogP contribution in [-0.2, 0) is 24.2 Å². The van der Waals surface area contributed by atoms with Crippen molar-refractivity contribution >= 4 is 28.5 Å². The number of carbonyl (C=O) groups is 1. The van der Waals surface area contributed by atoms with E-state index in [1.165, 1.54) is 28.8 Å². The zero-order valence-electron chi connectivity index (χ0n) is 20.6. The van der Waals surface area contributed by atoms with Crippen LogP contribution in [-0.4, -0.2) is 16.1 Å². The SMILES string of the molecule is O=C(O)CCCCc1cc2cc(CN[C@H]3CCCc4cc(Cl)ccc43)ccc2nc1-c1ccc(F)cc1. The second-order valence-electron chi connectivity index (χ2n) is 9.80. The zero-order chi connectivity index (χ0) is 25.8. The number of halogens is 2. The number of unbranched alkanes of at least 4 members (excludes halogenated alkanes) is 1. The standard InChI is InChI=1S/C31H30ClFN2O2/c32-25-11-14-27-22(18-25)5-3-6-29(27)34-19-20-8-15-28-24(16-20)17-23(4-1-2-7-30(36)37)31(35-28)21-9-12-26(33)13-10-21/h8-18,29,34H,1-7,19H2,(H,36,37)/t29-/m0/s1. The summed E-state index contributed by atoms with van der Waals surface area (Å²) < 4.78 is 13.5. The molecule has 4 aromatic rings. The van der Waals surface area contributed by atoms with Crippen LogP contribution in [0, 0.1) is 5.82 Å². The lowest BCUT2D eigenvalue weighted by Gasteiger charge is -2.27. The van der Waals surface area contributed by atoms with Gasteiger partial charge in [-0.1, -0.05) is 23.7 Å². The van der Waals surface area contributed by atoms with Gasteiger partial charge >= 0.3 is 5.97 Å². The highest BCUT2D eigenvalue weighted by Crippen LogP contribution is 2.32. The van der Waals surface area contributed by atoms with Gasteiger partial charge in [-0.2, -0.15) is 0 Å². The van der Waals surface area contributed by atoms with Crippen LogP contribution in [0.25, 0.3) is 22.2 Å². The van der Waals surface area contributed by atoms with Gasteiger partial charge in [-0.3, -0.25) is 4.79 Å². The highest BCUT2D eigenvalue weighted by atomic mass is 35.5. The number of hydrogen-bond acceptors (Lipinski definition) is 3. The Hall–Kier alpha value is -3.28. The molecule has 0 bridgehead atoms. The van der Waals surface area contributed by atoms with Gasteiger partial charge in [-0.05, 0) is 115 Å². The molecule has 5 rings (SSSR count). The van der Waals surface area contributed by atoms with Crippen molar-refractivity contribution in [1.82, 2.24) is 10.3 Å². The van der Waals surface area contributed by atoms with Crippen LogP contribution in [0.5, 0.6) is 0 Å². The van der Waals surface area contributed by atoms with E-state index in [0.717, 1.165) is 65.0 Å². The molecule has 6 heteroatoms. The lowest BCUT2D eigenvalue weighted by Crippen LogP contribution is -2.24. The first-order valence-electron chi connectivity index (χ1n) is 12.9. The summed E-state index contributed by atoms with van der Waals surface area (Å²) in [4.78, 5) is 15.9. The molecule has 0 saturated carbocycles. The summed E-state index contributed by atoms with van der Waals surface area (Å²) in [6.07, 6.45) is 5.54. The summed E-state index contributed by atoms with van der Waals surface area (Å²) in [5.74, 6) is -1.07. The van der Waals surface area contributed by atoms with Crippen LogP contribution in [0.3, 0.4) is 0 Å². The number of nitrogens with zero attached hydrogens (tertiary/aromatic N) is 1. The molecule has 0 spiro atoms. The van der Waals surface area contributed by atoms with Gasteiger partial charge in [0.25, 0.3) is 0 Å². The molecule has 0 radical (unpaired) electrons. The highest BCUT2D eigenvalue weighted by Gasteiger charge is 2.20. The number of aromatic nitrogens is 1. The van der Waals surface area contributed by atoms with Crippen LogP contribution < -0.4 is 5.32 Å². The average Bonchev–Trinajstić information content (AvgIpc) is 2.89. The maximum atomic E-state index is 13.5. The predicted molar refractivity (Wildman–Crippen MR) is 146 cm³/mol. The Morgan fingerprint density at radius 3 is 2.70 bits per heavy atom. The third kappa shape index (κ3) is 6.17. The summed E-state index contributed by atoms with van der Waals surface area (Å²) in [5.41, 5.74) is 7.47. The molecule has 1 aliphatic rings. The lowest BCUT2D eigenvalue weighted by molar-refractivity contribution is -0.137. The molecule has 3 aromatic carbocycles. The molecule has 4 nitrogen and oxygen atoms in total. The fraction of sp³-hybridized carbons (Fsp3) is 0.290. The summed E-state index contributed by atoms with van der Waals surface area (Å²) in [6, 6.07) is 21.4. The lowest BCUT2D eigenvalue weighted by atomic mass is 9.87. The van der Waals surface area contributed by atoms with Gasteiger partial charge in [-0.25, -0.2) is 9.37 Å². The van der Waals surface area contributed by atoms with Crippen molar-refractivity contribution < 1.29 is 14.3 Å². The third-order valence-electron chi connectivity index (χ3n) is 7.13. The van der Waals surface area contributed by atoms with E-state index in [9.17, 15) is 9.18 Å². The van der Waals surface area contributed by atoms with Crippen molar-refractivity contribution in [3.63, 3.8) is 0 Å². The topological polar surface area (TPSA) is 62.2 Å². The molecule has 0 saturated heterocycles. The van der Waals surface area contributed by atoms with Crippen molar-refractivity contribution in [3.8, 4) is 11.3 Å². The fourth-order valence-corrected chi connectivity index (χ4v) is 5.45. The molecule has 2 N–H and O–H groups in total. The van der Waals surface area contributed by atoms with E-state index in [1.54, 1.807) is 12.1 Å². The fourth-order valence-electron chi connectivity index (χ4n) is 5.26. The Bertz CT molecular complexity index is 1420. The Kier molecular flexibility index (Phi) is 7.82. The summed E-state index contributed by atoms with van der Waals surface area (Å²) in [6.45, 7) is 0.746. The number of aryl methyl sites for hydroxylation is 2. The maximum absolute atomic E-state index is 13.5. The minimum absolute atomic E-state index is 0.152. The van der Waals surface area contributed by atoms with E-state index < -0.39 is 5.97 Å². The van der Waals surface area contributed by atoms with E-state index >= 15 is 0 Å². The molecule has 0 fully saturated rings. The van der Waals surface area contributed by atoms with Crippen LogP contribution in [0.15, 0.2) is 66.7 Å². The Morgan fingerprint density at radius 2 is 1.89 bits per heavy atom. The molecule has 1 atom stereocenters. The number of fused-ring (bicyclic) bond motifs is 2. The Labute approximate surface area is 221 Å². The van der Waals surface area contributed by atoms with Crippen molar-refractivity contribution in [1.29, 1.82) is 0 Å². The van der Waals surface area contributed by atoms with E-state index in [2.05, 4.69) is 35.6 Å². The first-order valence-corrected chi connectivity index (χ1v) is 13.3. The van der Waals surface area contributed by atoms with Crippen molar-refractivity contribution in [2.75, 3.05) is 0 Å². The number of benzene rings is 3. The molecule has 1 heterocycles. The zero-order valence-corrected chi connectivity index (χ0v) is 21.4. The first-order chi connectivity index (χ1) is 18.0. The van der Waals surface area contributed by atoms with E-state index in [4.69, 9.17) is 21.7 Å². The summed E-state index contributed by atoms with van der Waals surface area (Å²) >= 11 is 6.21. The summed E-state index contributed by atoms with van der Waals surface area (Å²) in [5, 5.41) is 14.6. The van der Waals surface area contributed by atoms with Crippen LogP contribution in [0.4, 0.5) is 4.39 Å². The number of hydrogen-bond donors (Lipinski definition) is 2. The van der Waals surface area contributed by atoms with Gasteiger partial charge in [-0.15, -0.1) is 0 Å². The quantitative estimate of drug-likeness (QED) is 0.224. The Balaban J connectivity index is 1.39. The van der Waals surface area contributed by atoms with Gasteiger partial charge in [0.2, 0.25) is 0 Å². The largest absolute Gasteiger partial charge is 0.481 e. The molecule has 1 aliphatic carbocycles. The van der Waals surface area contributed by atoms with Crippen LogP contribution in [0.1, 0.15) is 60.4 Å². The predicted octanol–water partition coefficient (Wildman–Crippen LogP) is 7.66. The molecule has 0 amide bonds. The molecule has 190 valence electrons. The minimum Gasteiger partial charge on any atom is -0.481 e. The summed E-state index contributed by atoms with van der Waals surface area (Å²) in [7, 11) is 0. The second kappa shape index (κ2) is 11.4. The van der Waals surface area contributed by atoms with E-state index in [-0.39, 0.29) is 12.2 Å². The number of pyridine rings is 1. The molecular formula is C31H30ClFN2O2. The molecule has 37 heavy (non-hydrogen) atoms. The van der Waals surface area contributed by atoms with Crippen molar-refractivity contribution in [3.05, 3.63) is 99.8 Å².